The molecule has 1 aromatic heterocycles. The van der Waals surface area contributed by atoms with Crippen LogP contribution < -0.4 is 0 Å². The largest absolute Gasteiger partial charge is 0.315 e. The summed E-state index contributed by atoms with van der Waals surface area (Å²) in [4.78, 5) is 0. The molecule has 0 aliphatic rings. The van der Waals surface area contributed by atoms with Gasteiger partial charge in [0.1, 0.15) is 11.6 Å². The fourth-order valence-corrected chi connectivity index (χ4v) is 1.31. The second-order valence-corrected chi connectivity index (χ2v) is 4.07. The highest BCUT2D eigenvalue weighted by atomic mass is 15.3. The molecule has 1 aromatic rings. The lowest BCUT2D eigenvalue weighted by Crippen LogP contribution is -2.19. The van der Waals surface area contributed by atoms with Gasteiger partial charge in [0.25, 0.3) is 0 Å². The molecule has 3 heteroatoms. The first-order chi connectivity index (χ1) is 5.46. The quantitative estimate of drug-likeness (QED) is 0.639. The highest BCUT2D eigenvalue weighted by Gasteiger charge is 2.21. The van der Waals surface area contributed by atoms with Crippen LogP contribution in [-0.4, -0.2) is 14.8 Å². The number of aromatic nitrogens is 3. The van der Waals surface area contributed by atoms with E-state index in [4.69, 9.17) is 0 Å². The van der Waals surface area contributed by atoms with E-state index in [2.05, 4.69) is 42.5 Å². The van der Waals surface area contributed by atoms with Gasteiger partial charge in [0.15, 0.2) is 0 Å². The van der Waals surface area contributed by atoms with Crippen molar-refractivity contribution in [1.29, 1.82) is 0 Å². The van der Waals surface area contributed by atoms with Crippen LogP contribution >= 0.6 is 0 Å². The summed E-state index contributed by atoms with van der Waals surface area (Å²) >= 11 is 0. The molecule has 0 saturated carbocycles. The monoisotopic (exact) mass is 167 g/mol. The van der Waals surface area contributed by atoms with Gasteiger partial charge in [0, 0.05) is 12.0 Å². The fourth-order valence-electron chi connectivity index (χ4n) is 1.31. The van der Waals surface area contributed by atoms with Crippen LogP contribution in [0.3, 0.4) is 0 Å². The van der Waals surface area contributed by atoms with E-state index in [9.17, 15) is 0 Å². The van der Waals surface area contributed by atoms with Gasteiger partial charge in [-0.2, -0.15) is 0 Å². The van der Waals surface area contributed by atoms with Crippen molar-refractivity contribution in [2.45, 2.75) is 46.6 Å². The van der Waals surface area contributed by atoms with Gasteiger partial charge in [-0.15, -0.1) is 10.2 Å². The van der Waals surface area contributed by atoms with Gasteiger partial charge < -0.3 is 4.57 Å². The van der Waals surface area contributed by atoms with E-state index in [0.29, 0.717) is 0 Å². The number of nitrogens with zero attached hydrogens (tertiary/aromatic N) is 3. The zero-order valence-corrected chi connectivity index (χ0v) is 8.55. The Labute approximate surface area is 73.8 Å². The molecule has 0 amide bonds. The first-order valence-corrected chi connectivity index (χ1v) is 4.37. The van der Waals surface area contributed by atoms with Crippen molar-refractivity contribution in [3.63, 3.8) is 0 Å². The molecule has 0 spiro atoms. The Morgan fingerprint density at radius 1 is 1.25 bits per heavy atom. The van der Waals surface area contributed by atoms with Crippen molar-refractivity contribution in [3.05, 3.63) is 11.6 Å². The molecule has 0 unspecified atom stereocenters. The van der Waals surface area contributed by atoms with E-state index in [1.165, 1.54) is 0 Å². The molecule has 0 aromatic carbocycles. The minimum absolute atomic E-state index is 0.0945. The van der Waals surface area contributed by atoms with Crippen molar-refractivity contribution in [1.82, 2.24) is 14.8 Å². The van der Waals surface area contributed by atoms with E-state index in [0.717, 1.165) is 18.2 Å². The van der Waals surface area contributed by atoms with Crippen molar-refractivity contribution < 1.29 is 0 Å². The molecule has 3 nitrogen and oxygen atoms in total. The van der Waals surface area contributed by atoms with Crippen LogP contribution in [0, 0.1) is 6.92 Å². The van der Waals surface area contributed by atoms with Crippen LogP contribution in [0.1, 0.15) is 39.3 Å². The Hall–Kier alpha value is -0.860. The van der Waals surface area contributed by atoms with Crippen LogP contribution in [0.15, 0.2) is 0 Å². The Kier molecular flexibility index (Phi) is 2.22. The molecule has 0 N–H and O–H groups in total. The summed E-state index contributed by atoms with van der Waals surface area (Å²) in [6.07, 6.45) is 0. The first-order valence-electron chi connectivity index (χ1n) is 4.37. The highest BCUT2D eigenvalue weighted by molar-refractivity contribution is 5.04. The van der Waals surface area contributed by atoms with E-state index < -0.39 is 0 Å². The number of aryl methyl sites for hydroxylation is 1. The molecule has 0 aliphatic carbocycles. The normalized spacial score (nSPS) is 12.1. The SMILES string of the molecule is CCn1c(C)nnc1C(C)(C)C. The lowest BCUT2D eigenvalue weighted by atomic mass is 9.96. The van der Waals surface area contributed by atoms with E-state index in [-0.39, 0.29) is 5.41 Å². The fraction of sp³-hybridized carbons (Fsp3) is 0.778. The van der Waals surface area contributed by atoms with Crippen LogP contribution in [0.4, 0.5) is 0 Å². The Balaban J connectivity index is 3.16. The summed E-state index contributed by atoms with van der Waals surface area (Å²) in [6, 6.07) is 0. The molecule has 68 valence electrons. The molecule has 0 aliphatic heterocycles. The third-order valence-corrected chi connectivity index (χ3v) is 1.92. The van der Waals surface area contributed by atoms with E-state index >= 15 is 0 Å². The molecule has 0 fully saturated rings. The first kappa shape index (κ1) is 9.23. The third-order valence-electron chi connectivity index (χ3n) is 1.92. The van der Waals surface area contributed by atoms with Crippen LogP contribution in [0.25, 0.3) is 0 Å². The summed E-state index contributed by atoms with van der Waals surface area (Å²) in [7, 11) is 0. The van der Waals surface area contributed by atoms with Gasteiger partial charge >= 0.3 is 0 Å². The average molecular weight is 167 g/mol. The lowest BCUT2D eigenvalue weighted by molar-refractivity contribution is 0.502. The zero-order valence-electron chi connectivity index (χ0n) is 8.55. The van der Waals surface area contributed by atoms with Crippen LogP contribution in [0.2, 0.25) is 0 Å². The third kappa shape index (κ3) is 1.49. The lowest BCUT2D eigenvalue weighted by Gasteiger charge is -2.18. The average Bonchev–Trinajstić information content (AvgIpc) is 2.29. The van der Waals surface area contributed by atoms with Crippen molar-refractivity contribution in [3.8, 4) is 0 Å². The molecule has 0 atom stereocenters. The summed E-state index contributed by atoms with van der Waals surface area (Å²) in [6.45, 7) is 11.5. The minimum atomic E-state index is 0.0945. The molecular weight excluding hydrogens is 150 g/mol. The van der Waals surface area contributed by atoms with Crippen molar-refractivity contribution in [2.24, 2.45) is 0 Å². The van der Waals surface area contributed by atoms with Gasteiger partial charge in [0.05, 0.1) is 0 Å². The van der Waals surface area contributed by atoms with Gasteiger partial charge in [-0.05, 0) is 13.8 Å². The second kappa shape index (κ2) is 2.88. The van der Waals surface area contributed by atoms with Crippen LogP contribution in [-0.2, 0) is 12.0 Å². The Morgan fingerprint density at radius 3 is 2.17 bits per heavy atom. The summed E-state index contributed by atoms with van der Waals surface area (Å²) in [5.74, 6) is 2.07. The number of rotatable bonds is 1. The maximum Gasteiger partial charge on any atom is 0.138 e. The predicted octanol–water partition coefficient (Wildman–Crippen LogP) is 1.90. The maximum absolute atomic E-state index is 4.17. The zero-order chi connectivity index (χ0) is 9.35. The molecule has 0 radical (unpaired) electrons. The summed E-state index contributed by atoms with van der Waals surface area (Å²) in [5, 5.41) is 8.24. The number of hydrogen-bond acceptors (Lipinski definition) is 2. The van der Waals surface area contributed by atoms with Crippen molar-refractivity contribution >= 4 is 0 Å². The van der Waals surface area contributed by atoms with Gasteiger partial charge in [-0.25, -0.2) is 0 Å². The predicted molar refractivity (Wildman–Crippen MR) is 49.1 cm³/mol. The van der Waals surface area contributed by atoms with Crippen LogP contribution in [0.5, 0.6) is 0 Å². The summed E-state index contributed by atoms with van der Waals surface area (Å²) < 4.78 is 2.15. The molecule has 0 saturated heterocycles. The molecule has 12 heavy (non-hydrogen) atoms. The maximum atomic E-state index is 4.17. The van der Waals surface area contributed by atoms with Gasteiger partial charge in [-0.3, -0.25) is 0 Å². The molecule has 1 heterocycles. The molecule has 0 bridgehead atoms. The summed E-state index contributed by atoms with van der Waals surface area (Å²) in [5.41, 5.74) is 0.0945. The second-order valence-electron chi connectivity index (χ2n) is 4.07. The highest BCUT2D eigenvalue weighted by Crippen LogP contribution is 2.20. The Bertz CT molecular complexity index is 268. The topological polar surface area (TPSA) is 30.7 Å². The Morgan fingerprint density at radius 2 is 1.83 bits per heavy atom. The van der Waals surface area contributed by atoms with Gasteiger partial charge in [-0.1, -0.05) is 20.8 Å². The standard InChI is InChI=1S/C9H17N3/c1-6-12-7(2)10-11-8(12)9(3,4)5/h6H2,1-5H3. The smallest absolute Gasteiger partial charge is 0.138 e. The molecule has 1 rings (SSSR count). The van der Waals surface area contributed by atoms with E-state index in [1.807, 2.05) is 6.92 Å². The minimum Gasteiger partial charge on any atom is -0.315 e. The van der Waals surface area contributed by atoms with Gasteiger partial charge in [0.2, 0.25) is 0 Å². The van der Waals surface area contributed by atoms with Crippen molar-refractivity contribution in [2.75, 3.05) is 0 Å². The number of hydrogen-bond donors (Lipinski definition) is 0. The molecular formula is C9H17N3. The van der Waals surface area contributed by atoms with E-state index in [1.54, 1.807) is 0 Å².